The van der Waals surface area contributed by atoms with Crippen molar-refractivity contribution >= 4 is 0 Å². The number of nitrogens with one attached hydrogen (secondary N) is 1. The van der Waals surface area contributed by atoms with E-state index in [0.717, 1.165) is 31.8 Å². The molecule has 0 aromatic heterocycles. The average Bonchev–Trinajstić information content (AvgIpc) is 3.21. The van der Waals surface area contributed by atoms with Gasteiger partial charge in [-0.2, -0.15) is 0 Å². The number of unbranched alkanes of at least 4 members (excludes halogenated alkanes) is 1. The Bertz CT molecular complexity index is 219. The van der Waals surface area contributed by atoms with Gasteiger partial charge in [0.2, 0.25) is 0 Å². The molecule has 2 aliphatic rings. The topological polar surface area (TPSA) is 24.5 Å². The summed E-state index contributed by atoms with van der Waals surface area (Å²) in [6, 6.07) is 1.60. The van der Waals surface area contributed by atoms with E-state index in [1.165, 1.54) is 58.0 Å². The minimum Gasteiger partial charge on any atom is -0.380 e. The van der Waals surface area contributed by atoms with Crippen molar-refractivity contribution < 1.29 is 4.74 Å². The van der Waals surface area contributed by atoms with Gasteiger partial charge in [-0.15, -0.1) is 0 Å². The fourth-order valence-electron chi connectivity index (χ4n) is 2.71. The van der Waals surface area contributed by atoms with Gasteiger partial charge in [-0.1, -0.05) is 19.8 Å². The summed E-state index contributed by atoms with van der Waals surface area (Å²) < 4.78 is 5.70. The second kappa shape index (κ2) is 8.13. The minimum absolute atomic E-state index is 0.758. The van der Waals surface area contributed by atoms with Gasteiger partial charge in [0.15, 0.2) is 0 Å². The molecule has 2 fully saturated rings. The Morgan fingerprint density at radius 1 is 1.17 bits per heavy atom. The number of rotatable bonds is 9. The number of piperidine rings is 1. The first-order valence-electron chi connectivity index (χ1n) is 7.95. The van der Waals surface area contributed by atoms with Gasteiger partial charge in [0.25, 0.3) is 0 Å². The molecule has 1 N–H and O–H groups in total. The van der Waals surface area contributed by atoms with Gasteiger partial charge in [0.1, 0.15) is 0 Å². The second-order valence-electron chi connectivity index (χ2n) is 5.83. The van der Waals surface area contributed by atoms with Crippen molar-refractivity contribution in [2.75, 3.05) is 32.8 Å². The lowest BCUT2D eigenvalue weighted by Gasteiger charge is -2.35. The molecule has 0 aromatic carbocycles. The van der Waals surface area contributed by atoms with Gasteiger partial charge in [-0.25, -0.2) is 0 Å². The van der Waals surface area contributed by atoms with E-state index in [9.17, 15) is 0 Å². The number of likely N-dealkylation sites (tertiary alicyclic amines) is 1. The Hall–Kier alpha value is -0.120. The lowest BCUT2D eigenvalue weighted by Crippen LogP contribution is -2.47. The van der Waals surface area contributed by atoms with Crippen LogP contribution in [0.4, 0.5) is 0 Å². The van der Waals surface area contributed by atoms with E-state index in [2.05, 4.69) is 17.1 Å². The van der Waals surface area contributed by atoms with Crippen molar-refractivity contribution in [3.05, 3.63) is 0 Å². The summed E-state index contributed by atoms with van der Waals surface area (Å²) in [5.74, 6) is 0. The van der Waals surface area contributed by atoms with Crippen molar-refractivity contribution in [1.29, 1.82) is 0 Å². The second-order valence-corrected chi connectivity index (χ2v) is 5.83. The van der Waals surface area contributed by atoms with Crippen molar-refractivity contribution in [3.63, 3.8) is 0 Å². The van der Waals surface area contributed by atoms with E-state index in [4.69, 9.17) is 4.74 Å². The predicted octanol–water partition coefficient (Wildman–Crippen LogP) is 2.41. The van der Waals surface area contributed by atoms with Crippen LogP contribution in [0.15, 0.2) is 0 Å². The number of hydrogen-bond donors (Lipinski definition) is 1. The van der Waals surface area contributed by atoms with E-state index < -0.39 is 0 Å². The molecule has 2 rings (SSSR count). The molecule has 0 amide bonds. The zero-order valence-corrected chi connectivity index (χ0v) is 12.0. The number of nitrogens with zero attached hydrogens (tertiary/aromatic N) is 1. The highest BCUT2D eigenvalue weighted by molar-refractivity contribution is 4.85. The number of ether oxygens (including phenoxy) is 1. The minimum atomic E-state index is 0.758. The van der Waals surface area contributed by atoms with Crippen LogP contribution in [-0.4, -0.2) is 49.8 Å². The molecule has 3 nitrogen and oxygen atoms in total. The van der Waals surface area contributed by atoms with E-state index in [1.807, 2.05) is 0 Å². The summed E-state index contributed by atoms with van der Waals surface area (Å²) in [5.41, 5.74) is 0. The molecule has 1 saturated carbocycles. The molecule has 1 atom stereocenters. The highest BCUT2D eigenvalue weighted by Gasteiger charge is 2.26. The fraction of sp³-hybridized carbons (Fsp3) is 1.00. The van der Waals surface area contributed by atoms with E-state index in [-0.39, 0.29) is 0 Å². The van der Waals surface area contributed by atoms with Crippen LogP contribution in [0.2, 0.25) is 0 Å². The lowest BCUT2D eigenvalue weighted by atomic mass is 10.0. The first kappa shape index (κ1) is 14.3. The monoisotopic (exact) mass is 254 g/mol. The standard InChI is InChI=1S/C15H30N2O/c1-2-3-11-18-12-10-17-9-5-4-6-15(17)13-16-14-7-8-14/h14-16H,2-13H2,1H3. The third kappa shape index (κ3) is 5.25. The number of hydrogen-bond acceptors (Lipinski definition) is 3. The van der Waals surface area contributed by atoms with Crippen molar-refractivity contribution in [1.82, 2.24) is 10.2 Å². The molecular weight excluding hydrogens is 224 g/mol. The third-order valence-corrected chi connectivity index (χ3v) is 4.13. The summed E-state index contributed by atoms with van der Waals surface area (Å²) in [7, 11) is 0. The van der Waals surface area contributed by atoms with Gasteiger partial charge in [-0.3, -0.25) is 4.90 Å². The van der Waals surface area contributed by atoms with Gasteiger partial charge in [0.05, 0.1) is 6.61 Å². The molecule has 1 aliphatic heterocycles. The maximum absolute atomic E-state index is 5.70. The molecule has 0 bridgehead atoms. The summed E-state index contributed by atoms with van der Waals surface area (Å²) in [5, 5.41) is 3.68. The molecule has 18 heavy (non-hydrogen) atoms. The largest absolute Gasteiger partial charge is 0.380 e. The molecule has 106 valence electrons. The molecule has 1 heterocycles. The fourth-order valence-corrected chi connectivity index (χ4v) is 2.71. The summed E-state index contributed by atoms with van der Waals surface area (Å²) in [4.78, 5) is 2.64. The quantitative estimate of drug-likeness (QED) is 0.640. The molecular formula is C15H30N2O. The average molecular weight is 254 g/mol. The SMILES string of the molecule is CCCCOCCN1CCCCC1CNC1CC1. The van der Waals surface area contributed by atoms with Crippen molar-refractivity contribution in [2.24, 2.45) is 0 Å². The Morgan fingerprint density at radius 3 is 2.83 bits per heavy atom. The van der Waals surface area contributed by atoms with Crippen LogP contribution in [0, 0.1) is 0 Å². The van der Waals surface area contributed by atoms with Crippen LogP contribution in [0.5, 0.6) is 0 Å². The normalized spacial score (nSPS) is 25.5. The van der Waals surface area contributed by atoms with Gasteiger partial charge < -0.3 is 10.1 Å². The van der Waals surface area contributed by atoms with Gasteiger partial charge >= 0.3 is 0 Å². The highest BCUT2D eigenvalue weighted by Crippen LogP contribution is 2.21. The van der Waals surface area contributed by atoms with E-state index in [1.54, 1.807) is 0 Å². The molecule has 1 aliphatic carbocycles. The summed E-state index contributed by atoms with van der Waals surface area (Å²) in [6.07, 6.45) is 9.37. The Morgan fingerprint density at radius 2 is 2.06 bits per heavy atom. The lowest BCUT2D eigenvalue weighted by molar-refractivity contribution is 0.0701. The zero-order chi connectivity index (χ0) is 12.6. The third-order valence-electron chi connectivity index (χ3n) is 4.13. The van der Waals surface area contributed by atoms with Crippen LogP contribution < -0.4 is 5.32 Å². The summed E-state index contributed by atoms with van der Waals surface area (Å²) >= 11 is 0. The van der Waals surface area contributed by atoms with Gasteiger partial charge in [0, 0.05) is 31.8 Å². The predicted molar refractivity (Wildman–Crippen MR) is 76.0 cm³/mol. The molecule has 0 aromatic rings. The van der Waals surface area contributed by atoms with Crippen LogP contribution >= 0.6 is 0 Å². The molecule has 0 spiro atoms. The molecule has 1 saturated heterocycles. The van der Waals surface area contributed by atoms with Crippen LogP contribution in [0.25, 0.3) is 0 Å². The summed E-state index contributed by atoms with van der Waals surface area (Å²) in [6.45, 7) is 7.66. The van der Waals surface area contributed by atoms with E-state index in [0.29, 0.717) is 0 Å². The van der Waals surface area contributed by atoms with Crippen molar-refractivity contribution in [2.45, 2.75) is 64.0 Å². The van der Waals surface area contributed by atoms with Crippen LogP contribution in [-0.2, 0) is 4.74 Å². The van der Waals surface area contributed by atoms with Crippen LogP contribution in [0.3, 0.4) is 0 Å². The molecule has 3 heteroatoms. The maximum Gasteiger partial charge on any atom is 0.0593 e. The first-order valence-corrected chi connectivity index (χ1v) is 7.95. The maximum atomic E-state index is 5.70. The Kier molecular flexibility index (Phi) is 6.46. The molecule has 0 radical (unpaired) electrons. The highest BCUT2D eigenvalue weighted by atomic mass is 16.5. The first-order chi connectivity index (χ1) is 8.90. The van der Waals surface area contributed by atoms with Crippen molar-refractivity contribution in [3.8, 4) is 0 Å². The Labute approximate surface area is 112 Å². The zero-order valence-electron chi connectivity index (χ0n) is 12.0. The Balaban J connectivity index is 1.59. The van der Waals surface area contributed by atoms with E-state index >= 15 is 0 Å². The molecule has 1 unspecified atom stereocenters. The van der Waals surface area contributed by atoms with Crippen LogP contribution in [0.1, 0.15) is 51.9 Å². The van der Waals surface area contributed by atoms with Gasteiger partial charge in [-0.05, 0) is 38.6 Å². The smallest absolute Gasteiger partial charge is 0.0593 e.